The Labute approximate surface area is 169 Å². The van der Waals surface area contributed by atoms with Gasteiger partial charge in [0.05, 0.1) is 6.20 Å². The molecule has 0 amide bonds. The van der Waals surface area contributed by atoms with Crippen LogP contribution in [-0.2, 0) is 7.05 Å². The highest BCUT2D eigenvalue weighted by Gasteiger charge is 2.27. The van der Waals surface area contributed by atoms with Crippen molar-refractivity contribution < 1.29 is 0 Å². The number of rotatable bonds is 4. The lowest BCUT2D eigenvalue weighted by molar-refractivity contribution is 0.267. The van der Waals surface area contributed by atoms with Gasteiger partial charge in [-0.15, -0.1) is 24.0 Å². The molecule has 25 heavy (non-hydrogen) atoms. The van der Waals surface area contributed by atoms with E-state index < -0.39 is 0 Å². The Morgan fingerprint density at radius 2 is 1.96 bits per heavy atom. The minimum atomic E-state index is 0. The molecule has 1 unspecified atom stereocenters. The summed E-state index contributed by atoms with van der Waals surface area (Å²) in [6, 6.07) is 0. The van der Waals surface area contributed by atoms with Crippen LogP contribution in [0.1, 0.15) is 56.9 Å². The first-order valence-corrected chi connectivity index (χ1v) is 9.63. The number of hydrogen-bond acceptors (Lipinski definition) is 2. The van der Waals surface area contributed by atoms with Crippen molar-refractivity contribution in [3.8, 4) is 0 Å². The molecule has 1 atom stereocenters. The average molecular weight is 459 g/mol. The molecular formula is C19H34IN5. The zero-order valence-electron chi connectivity index (χ0n) is 15.9. The van der Waals surface area contributed by atoms with Crippen molar-refractivity contribution in [1.29, 1.82) is 0 Å². The van der Waals surface area contributed by atoms with Crippen LogP contribution in [0.5, 0.6) is 0 Å². The van der Waals surface area contributed by atoms with Crippen LogP contribution in [0, 0.1) is 11.8 Å². The van der Waals surface area contributed by atoms with Gasteiger partial charge < -0.3 is 10.2 Å². The van der Waals surface area contributed by atoms with Gasteiger partial charge in [-0.2, -0.15) is 5.10 Å². The van der Waals surface area contributed by atoms with Gasteiger partial charge in [-0.1, -0.05) is 26.2 Å². The molecule has 2 aliphatic rings. The Hall–Kier alpha value is -0.790. The minimum absolute atomic E-state index is 0. The summed E-state index contributed by atoms with van der Waals surface area (Å²) in [7, 11) is 3.90. The Morgan fingerprint density at radius 1 is 1.24 bits per heavy atom. The van der Waals surface area contributed by atoms with Crippen LogP contribution in [0.4, 0.5) is 0 Å². The number of nitrogens with zero attached hydrogens (tertiary/aromatic N) is 4. The molecule has 0 spiro atoms. The molecule has 5 nitrogen and oxygen atoms in total. The fourth-order valence-corrected chi connectivity index (χ4v) is 4.29. The highest BCUT2D eigenvalue weighted by Crippen LogP contribution is 2.30. The van der Waals surface area contributed by atoms with E-state index in [0.717, 1.165) is 37.4 Å². The number of likely N-dealkylation sites (tertiary alicyclic amines) is 1. The van der Waals surface area contributed by atoms with Crippen LogP contribution in [0.2, 0.25) is 0 Å². The summed E-state index contributed by atoms with van der Waals surface area (Å²) < 4.78 is 1.90. The van der Waals surface area contributed by atoms with Crippen molar-refractivity contribution in [3.05, 3.63) is 18.0 Å². The highest BCUT2D eigenvalue weighted by molar-refractivity contribution is 14.0. The van der Waals surface area contributed by atoms with Gasteiger partial charge in [0, 0.05) is 45.8 Å². The van der Waals surface area contributed by atoms with Gasteiger partial charge in [-0.3, -0.25) is 9.67 Å². The maximum absolute atomic E-state index is 4.53. The van der Waals surface area contributed by atoms with Crippen molar-refractivity contribution in [3.63, 3.8) is 0 Å². The quantitative estimate of drug-likeness (QED) is 0.425. The second-order valence-corrected chi connectivity index (χ2v) is 7.60. The van der Waals surface area contributed by atoms with E-state index in [-0.39, 0.29) is 24.0 Å². The first-order chi connectivity index (χ1) is 11.7. The van der Waals surface area contributed by atoms with Gasteiger partial charge >= 0.3 is 0 Å². The lowest BCUT2D eigenvalue weighted by Gasteiger charge is -2.29. The number of aryl methyl sites for hydroxylation is 1. The van der Waals surface area contributed by atoms with Gasteiger partial charge in [-0.05, 0) is 36.7 Å². The predicted molar refractivity (Wildman–Crippen MR) is 115 cm³/mol. The van der Waals surface area contributed by atoms with Crippen molar-refractivity contribution in [2.75, 3.05) is 26.7 Å². The summed E-state index contributed by atoms with van der Waals surface area (Å²) in [4.78, 5) is 6.94. The fourth-order valence-electron chi connectivity index (χ4n) is 4.29. The van der Waals surface area contributed by atoms with Gasteiger partial charge in [0.25, 0.3) is 0 Å². The van der Waals surface area contributed by atoms with E-state index in [9.17, 15) is 0 Å². The fraction of sp³-hybridized carbons (Fsp3) is 0.789. The third-order valence-corrected chi connectivity index (χ3v) is 5.99. The predicted octanol–water partition coefficient (Wildman–Crippen LogP) is 3.62. The average Bonchev–Trinajstić information content (AvgIpc) is 3.25. The summed E-state index contributed by atoms with van der Waals surface area (Å²) in [5, 5.41) is 7.96. The monoisotopic (exact) mass is 459 g/mol. The largest absolute Gasteiger partial charge is 0.356 e. The summed E-state index contributed by atoms with van der Waals surface area (Å²) >= 11 is 0. The molecule has 1 aliphatic carbocycles. The lowest BCUT2D eigenvalue weighted by Crippen LogP contribution is -2.42. The number of nitrogens with one attached hydrogen (secondary N) is 1. The topological polar surface area (TPSA) is 45.5 Å². The van der Waals surface area contributed by atoms with Crippen LogP contribution in [0.3, 0.4) is 0 Å². The first-order valence-electron chi connectivity index (χ1n) is 9.63. The van der Waals surface area contributed by atoms with E-state index in [1.54, 1.807) is 0 Å². The zero-order chi connectivity index (χ0) is 16.9. The van der Waals surface area contributed by atoms with E-state index in [0.29, 0.717) is 5.92 Å². The van der Waals surface area contributed by atoms with Gasteiger partial charge in [0.2, 0.25) is 0 Å². The number of halogens is 1. The van der Waals surface area contributed by atoms with Gasteiger partial charge in [0.1, 0.15) is 0 Å². The normalized spacial score (nSPS) is 27.2. The van der Waals surface area contributed by atoms with Crippen LogP contribution in [0.15, 0.2) is 17.4 Å². The summed E-state index contributed by atoms with van der Waals surface area (Å²) in [6.45, 7) is 5.55. The van der Waals surface area contributed by atoms with E-state index in [4.69, 9.17) is 0 Å². The summed E-state index contributed by atoms with van der Waals surface area (Å²) in [6.07, 6.45) is 12.3. The molecular weight excluding hydrogens is 425 g/mol. The maximum atomic E-state index is 4.53. The zero-order valence-corrected chi connectivity index (χ0v) is 18.3. The number of aliphatic imine (C=N–C) groups is 1. The van der Waals surface area contributed by atoms with E-state index in [1.165, 1.54) is 44.1 Å². The lowest BCUT2D eigenvalue weighted by atomic mass is 9.81. The molecule has 2 heterocycles. The molecule has 1 saturated heterocycles. The standard InChI is InChI=1S/C19H33N5.HI/c1-4-15-5-7-16(8-6-15)11-21-19(20-2)24-10-9-17(14-24)18-12-22-23(3)13-18;/h12-13,15-17H,4-11,14H2,1-3H3,(H,20,21);1H. The molecule has 0 aromatic carbocycles. The molecule has 0 bridgehead atoms. The maximum Gasteiger partial charge on any atom is 0.193 e. The molecule has 2 fully saturated rings. The number of hydrogen-bond donors (Lipinski definition) is 1. The number of guanidine groups is 1. The molecule has 142 valence electrons. The Morgan fingerprint density at radius 3 is 2.56 bits per heavy atom. The molecule has 6 heteroatoms. The van der Waals surface area contributed by atoms with E-state index >= 15 is 0 Å². The Bertz CT molecular complexity index is 548. The highest BCUT2D eigenvalue weighted by atomic mass is 127. The van der Waals surface area contributed by atoms with Crippen LogP contribution in [-0.4, -0.2) is 47.3 Å². The second kappa shape index (κ2) is 9.78. The molecule has 1 saturated carbocycles. The van der Waals surface area contributed by atoms with Crippen LogP contribution in [0.25, 0.3) is 0 Å². The molecule has 1 aromatic rings. The Balaban J connectivity index is 0.00000225. The number of aromatic nitrogens is 2. The van der Waals surface area contributed by atoms with Gasteiger partial charge in [-0.25, -0.2) is 0 Å². The smallest absolute Gasteiger partial charge is 0.193 e. The van der Waals surface area contributed by atoms with Crippen molar-refractivity contribution in [2.45, 2.75) is 51.4 Å². The van der Waals surface area contributed by atoms with E-state index in [1.807, 2.05) is 25.0 Å². The summed E-state index contributed by atoms with van der Waals surface area (Å²) in [5.41, 5.74) is 1.35. The van der Waals surface area contributed by atoms with Crippen LogP contribution >= 0.6 is 24.0 Å². The third kappa shape index (κ3) is 5.34. The molecule has 1 aromatic heterocycles. The molecule has 1 aliphatic heterocycles. The SMILES string of the molecule is CCC1CCC(CNC(=NC)N2CCC(c3cnn(C)c3)C2)CC1.I. The molecule has 1 N–H and O–H groups in total. The van der Waals surface area contributed by atoms with Crippen molar-refractivity contribution >= 4 is 29.9 Å². The molecule has 3 rings (SSSR count). The third-order valence-electron chi connectivity index (χ3n) is 5.99. The second-order valence-electron chi connectivity index (χ2n) is 7.60. The van der Waals surface area contributed by atoms with Crippen molar-refractivity contribution in [1.82, 2.24) is 20.0 Å². The van der Waals surface area contributed by atoms with Gasteiger partial charge in [0.15, 0.2) is 5.96 Å². The minimum Gasteiger partial charge on any atom is -0.356 e. The first kappa shape index (κ1) is 20.5. The van der Waals surface area contributed by atoms with E-state index in [2.05, 4.69) is 33.4 Å². The Kier molecular flexibility index (Phi) is 8.03. The molecule has 0 radical (unpaired) electrons. The summed E-state index contributed by atoms with van der Waals surface area (Å²) in [5.74, 6) is 3.46. The van der Waals surface area contributed by atoms with Crippen molar-refractivity contribution in [2.24, 2.45) is 23.9 Å². The van der Waals surface area contributed by atoms with Crippen LogP contribution < -0.4 is 5.32 Å².